The molecule has 118 valence electrons. The number of amides is 1. The predicted molar refractivity (Wildman–Crippen MR) is 79.4 cm³/mol. The normalized spacial score (nSPS) is 17.9. The van der Waals surface area contributed by atoms with Gasteiger partial charge in [-0.05, 0) is 37.8 Å². The van der Waals surface area contributed by atoms with Crippen LogP contribution in [0.5, 0.6) is 0 Å². The Kier molecular flexibility index (Phi) is 4.08. The van der Waals surface area contributed by atoms with Crippen molar-refractivity contribution in [2.24, 2.45) is 5.92 Å². The topological polar surface area (TPSA) is 91.0 Å². The molecular weight excluding hydrogens is 284 g/mol. The molecule has 7 heteroatoms. The number of hydrogen-bond acceptors (Lipinski definition) is 5. The lowest BCUT2D eigenvalue weighted by Crippen LogP contribution is -2.42. The number of aryl methyl sites for hydroxylation is 1. The van der Waals surface area contributed by atoms with E-state index in [1.54, 1.807) is 17.2 Å². The molecule has 1 fully saturated rings. The van der Waals surface area contributed by atoms with E-state index in [1.165, 1.54) is 4.63 Å². The van der Waals surface area contributed by atoms with Crippen LogP contribution in [0.4, 0.5) is 0 Å². The van der Waals surface area contributed by atoms with E-state index in [1.807, 2.05) is 13.0 Å². The van der Waals surface area contributed by atoms with Gasteiger partial charge in [-0.2, -0.15) is 14.8 Å². The zero-order valence-electron chi connectivity index (χ0n) is 12.5. The molecule has 1 atom stereocenters. The van der Waals surface area contributed by atoms with Crippen LogP contribution >= 0.6 is 0 Å². The van der Waals surface area contributed by atoms with Gasteiger partial charge in [0.2, 0.25) is 0 Å². The first-order valence-corrected chi connectivity index (χ1v) is 7.50. The van der Waals surface area contributed by atoms with Crippen LogP contribution in [-0.2, 0) is 0 Å². The van der Waals surface area contributed by atoms with Crippen molar-refractivity contribution in [3.05, 3.63) is 29.6 Å². The van der Waals surface area contributed by atoms with E-state index in [-0.39, 0.29) is 18.4 Å². The molecule has 1 amide bonds. The molecule has 0 radical (unpaired) electrons. The molecule has 7 nitrogen and oxygen atoms in total. The molecule has 3 rings (SSSR count). The number of fused-ring (bicyclic) bond motifs is 1. The summed E-state index contributed by atoms with van der Waals surface area (Å²) in [6.45, 7) is 2.75. The number of aliphatic hydroxyl groups excluding tert-OH is 2. The Bertz CT molecular complexity index is 676. The quantitative estimate of drug-likeness (QED) is 0.848. The number of aliphatic hydroxyl groups is 2. The summed E-state index contributed by atoms with van der Waals surface area (Å²) >= 11 is 0. The minimum absolute atomic E-state index is 0.0440. The Morgan fingerprint density at radius 3 is 2.86 bits per heavy atom. The number of piperidine rings is 1. The third-order valence-electron chi connectivity index (χ3n) is 4.37. The Morgan fingerprint density at radius 2 is 2.18 bits per heavy atom. The molecule has 0 spiro atoms. The molecule has 1 unspecified atom stereocenters. The maximum atomic E-state index is 12.8. The monoisotopic (exact) mass is 304 g/mol. The summed E-state index contributed by atoms with van der Waals surface area (Å²) in [5.74, 6) is 0.0122. The standard InChI is InChI=1S/C15H20N4O3/c1-10-14(12-3-2-6-16-19(12)17-10)15(22)18-7-4-11(5-8-18)13(21)9-20/h2-3,6,11,13,20-21H,4-5,7-9H2,1H3. The van der Waals surface area contributed by atoms with Gasteiger partial charge in [0, 0.05) is 19.3 Å². The maximum Gasteiger partial charge on any atom is 0.258 e. The van der Waals surface area contributed by atoms with E-state index in [0.717, 1.165) is 0 Å². The van der Waals surface area contributed by atoms with Crippen LogP contribution in [0.1, 0.15) is 28.9 Å². The van der Waals surface area contributed by atoms with Gasteiger partial charge in [-0.3, -0.25) is 4.79 Å². The maximum absolute atomic E-state index is 12.8. The van der Waals surface area contributed by atoms with Crippen molar-refractivity contribution >= 4 is 11.4 Å². The van der Waals surface area contributed by atoms with Gasteiger partial charge in [0.15, 0.2) is 0 Å². The summed E-state index contributed by atoms with van der Waals surface area (Å²) in [6.07, 6.45) is 2.34. The highest BCUT2D eigenvalue weighted by atomic mass is 16.3. The smallest absolute Gasteiger partial charge is 0.258 e. The highest BCUT2D eigenvalue weighted by Gasteiger charge is 2.29. The first-order valence-electron chi connectivity index (χ1n) is 7.50. The molecular formula is C15H20N4O3. The summed E-state index contributed by atoms with van der Waals surface area (Å²) in [6, 6.07) is 3.62. The number of hydrogen-bond donors (Lipinski definition) is 2. The van der Waals surface area contributed by atoms with Gasteiger partial charge in [0.1, 0.15) is 5.52 Å². The summed E-state index contributed by atoms with van der Waals surface area (Å²) < 4.78 is 1.48. The molecule has 1 aliphatic heterocycles. The van der Waals surface area contributed by atoms with E-state index in [0.29, 0.717) is 42.7 Å². The first-order chi connectivity index (χ1) is 10.6. The van der Waals surface area contributed by atoms with Crippen molar-refractivity contribution in [2.75, 3.05) is 19.7 Å². The van der Waals surface area contributed by atoms with Crippen molar-refractivity contribution in [3.63, 3.8) is 0 Å². The predicted octanol–water partition coefficient (Wildman–Crippen LogP) is 0.243. The lowest BCUT2D eigenvalue weighted by molar-refractivity contribution is 0.0179. The van der Waals surface area contributed by atoms with Crippen LogP contribution in [0.2, 0.25) is 0 Å². The highest BCUT2D eigenvalue weighted by molar-refractivity contribution is 6.01. The van der Waals surface area contributed by atoms with Crippen LogP contribution in [0.25, 0.3) is 5.52 Å². The zero-order chi connectivity index (χ0) is 15.7. The fourth-order valence-electron chi connectivity index (χ4n) is 3.06. The SMILES string of the molecule is Cc1nn2ncccc2c1C(=O)N1CCC(C(O)CO)CC1. The number of carbonyl (C=O) groups excluding carboxylic acids is 1. The molecule has 0 bridgehead atoms. The molecule has 0 saturated carbocycles. The van der Waals surface area contributed by atoms with Crippen LogP contribution < -0.4 is 0 Å². The molecule has 22 heavy (non-hydrogen) atoms. The number of rotatable bonds is 3. The van der Waals surface area contributed by atoms with Gasteiger partial charge >= 0.3 is 0 Å². The Labute approximate surface area is 128 Å². The van der Waals surface area contributed by atoms with E-state index in [4.69, 9.17) is 5.11 Å². The van der Waals surface area contributed by atoms with Crippen LogP contribution in [0, 0.1) is 12.8 Å². The van der Waals surface area contributed by atoms with Gasteiger partial charge in [0.25, 0.3) is 5.91 Å². The Hall–Kier alpha value is -1.99. The molecule has 1 aliphatic rings. The van der Waals surface area contributed by atoms with Crippen molar-refractivity contribution in [2.45, 2.75) is 25.9 Å². The van der Waals surface area contributed by atoms with Gasteiger partial charge in [0.05, 0.1) is 24.0 Å². The van der Waals surface area contributed by atoms with Gasteiger partial charge in [-0.15, -0.1) is 0 Å². The number of likely N-dealkylation sites (tertiary alicyclic amines) is 1. The summed E-state index contributed by atoms with van der Waals surface area (Å²) in [4.78, 5) is 14.6. The van der Waals surface area contributed by atoms with E-state index in [2.05, 4.69) is 10.2 Å². The van der Waals surface area contributed by atoms with Crippen LogP contribution in [-0.4, -0.2) is 61.6 Å². The Balaban J connectivity index is 1.78. The fourth-order valence-corrected chi connectivity index (χ4v) is 3.06. The van der Waals surface area contributed by atoms with Crippen LogP contribution in [0.3, 0.4) is 0 Å². The molecule has 2 N–H and O–H groups in total. The molecule has 2 aromatic rings. The fraction of sp³-hybridized carbons (Fsp3) is 0.533. The molecule has 0 aromatic carbocycles. The van der Waals surface area contributed by atoms with Gasteiger partial charge < -0.3 is 15.1 Å². The first kappa shape index (κ1) is 14.9. The van der Waals surface area contributed by atoms with Crippen molar-refractivity contribution in [1.29, 1.82) is 0 Å². The minimum atomic E-state index is -0.694. The van der Waals surface area contributed by atoms with Crippen molar-refractivity contribution < 1.29 is 15.0 Å². The molecule has 3 heterocycles. The number of aromatic nitrogens is 3. The third kappa shape index (κ3) is 2.57. The Morgan fingerprint density at radius 1 is 1.45 bits per heavy atom. The number of carbonyl (C=O) groups is 1. The second kappa shape index (κ2) is 6.02. The van der Waals surface area contributed by atoms with Crippen molar-refractivity contribution in [1.82, 2.24) is 19.7 Å². The zero-order valence-corrected chi connectivity index (χ0v) is 12.5. The third-order valence-corrected chi connectivity index (χ3v) is 4.37. The van der Waals surface area contributed by atoms with Gasteiger partial charge in [-0.1, -0.05) is 0 Å². The summed E-state index contributed by atoms with van der Waals surface area (Å²) in [5.41, 5.74) is 1.97. The minimum Gasteiger partial charge on any atom is -0.394 e. The lowest BCUT2D eigenvalue weighted by Gasteiger charge is -2.33. The molecule has 2 aromatic heterocycles. The largest absolute Gasteiger partial charge is 0.394 e. The van der Waals surface area contributed by atoms with E-state index in [9.17, 15) is 9.90 Å². The van der Waals surface area contributed by atoms with E-state index >= 15 is 0 Å². The van der Waals surface area contributed by atoms with E-state index < -0.39 is 6.10 Å². The lowest BCUT2D eigenvalue weighted by atomic mass is 9.91. The molecule has 1 saturated heterocycles. The summed E-state index contributed by atoms with van der Waals surface area (Å²) in [7, 11) is 0. The second-order valence-electron chi connectivity index (χ2n) is 5.74. The number of nitrogens with zero attached hydrogens (tertiary/aromatic N) is 4. The summed E-state index contributed by atoms with van der Waals surface area (Å²) in [5, 5.41) is 27.1. The van der Waals surface area contributed by atoms with Crippen LogP contribution in [0.15, 0.2) is 18.3 Å². The average molecular weight is 304 g/mol. The molecule has 0 aliphatic carbocycles. The highest BCUT2D eigenvalue weighted by Crippen LogP contribution is 2.24. The van der Waals surface area contributed by atoms with Gasteiger partial charge in [-0.25, -0.2) is 0 Å². The average Bonchev–Trinajstić information content (AvgIpc) is 2.89. The second-order valence-corrected chi connectivity index (χ2v) is 5.74. The van der Waals surface area contributed by atoms with Crippen molar-refractivity contribution in [3.8, 4) is 0 Å².